The summed E-state index contributed by atoms with van der Waals surface area (Å²) in [7, 11) is 3.05. The molecule has 9 nitrogen and oxygen atoms in total. The molecule has 0 radical (unpaired) electrons. The molecule has 0 saturated heterocycles. The van der Waals surface area contributed by atoms with Crippen LogP contribution >= 0.6 is 0 Å². The summed E-state index contributed by atoms with van der Waals surface area (Å²) in [6.07, 6.45) is 0.603. The number of carbonyl (C=O) groups is 1. The molecule has 0 fully saturated rings. The molecule has 1 aromatic heterocycles. The van der Waals surface area contributed by atoms with Crippen LogP contribution in [0.2, 0.25) is 0 Å². The average Bonchev–Trinajstić information content (AvgIpc) is 2.81. The number of amides is 1. The largest absolute Gasteiger partial charge is 0.493 e. The van der Waals surface area contributed by atoms with E-state index in [0.717, 1.165) is 5.56 Å². The monoisotopic (exact) mass is 452 g/mol. The van der Waals surface area contributed by atoms with Crippen molar-refractivity contribution in [3.8, 4) is 11.5 Å². The molecule has 3 N–H and O–H groups in total. The van der Waals surface area contributed by atoms with Gasteiger partial charge in [0.1, 0.15) is 5.82 Å². The number of anilines is 2. The standard InChI is InChI=1S/C24H28N4O5/c1-4-12-27(20(29)14-17-10-11-18(32-2)19(13-17)33-3)21-22(25)28(24(31)26-23(21)30)15-16-8-6-5-7-9-16/h5-11,13H,4,12,14-15,25H2,1-3H3,(H,26,30,31). The number of carbonyl (C=O) groups excluding carboxylic acids is 1. The van der Waals surface area contributed by atoms with Gasteiger partial charge in [-0.25, -0.2) is 4.79 Å². The van der Waals surface area contributed by atoms with Gasteiger partial charge in [0.05, 0.1) is 27.2 Å². The normalized spacial score (nSPS) is 10.6. The number of aromatic nitrogens is 2. The Bertz CT molecular complexity index is 1230. The SMILES string of the molecule is CCCN(C(=O)Cc1ccc(OC)c(OC)c1)c1c(N)n(Cc2ccccc2)c(=O)[nH]c1=O. The van der Waals surface area contributed by atoms with Crippen LogP contribution in [0.4, 0.5) is 11.5 Å². The zero-order valence-electron chi connectivity index (χ0n) is 19.0. The first kappa shape index (κ1) is 23.6. The quantitative estimate of drug-likeness (QED) is 0.514. The van der Waals surface area contributed by atoms with Crippen molar-refractivity contribution >= 4 is 17.4 Å². The van der Waals surface area contributed by atoms with E-state index < -0.39 is 11.2 Å². The van der Waals surface area contributed by atoms with Crippen LogP contribution in [-0.2, 0) is 17.8 Å². The van der Waals surface area contributed by atoms with Crippen LogP contribution in [0.15, 0.2) is 58.1 Å². The Morgan fingerprint density at radius 3 is 2.36 bits per heavy atom. The molecule has 0 bridgehead atoms. The van der Waals surface area contributed by atoms with Crippen LogP contribution in [0.3, 0.4) is 0 Å². The lowest BCUT2D eigenvalue weighted by Gasteiger charge is -2.24. The van der Waals surface area contributed by atoms with Gasteiger partial charge < -0.3 is 20.1 Å². The Balaban J connectivity index is 1.99. The zero-order valence-corrected chi connectivity index (χ0v) is 19.0. The third-order valence-electron chi connectivity index (χ3n) is 5.22. The van der Waals surface area contributed by atoms with Crippen molar-refractivity contribution in [2.24, 2.45) is 0 Å². The number of H-pyrrole nitrogens is 1. The number of methoxy groups -OCH3 is 2. The third-order valence-corrected chi connectivity index (χ3v) is 5.22. The third kappa shape index (κ3) is 5.25. The highest BCUT2D eigenvalue weighted by molar-refractivity contribution is 5.96. The van der Waals surface area contributed by atoms with Crippen molar-refractivity contribution in [1.82, 2.24) is 9.55 Å². The van der Waals surface area contributed by atoms with Crippen LogP contribution in [0.1, 0.15) is 24.5 Å². The Morgan fingerprint density at radius 1 is 1.03 bits per heavy atom. The summed E-state index contributed by atoms with van der Waals surface area (Å²) in [5.74, 6) is 0.666. The Labute approximate surface area is 191 Å². The molecular formula is C24H28N4O5. The number of nitrogens with two attached hydrogens (primary N) is 1. The molecule has 1 heterocycles. The fourth-order valence-electron chi connectivity index (χ4n) is 3.61. The molecule has 3 rings (SSSR count). The van der Waals surface area contributed by atoms with Gasteiger partial charge in [0.15, 0.2) is 17.2 Å². The summed E-state index contributed by atoms with van der Waals surface area (Å²) < 4.78 is 11.8. The van der Waals surface area contributed by atoms with E-state index in [9.17, 15) is 14.4 Å². The van der Waals surface area contributed by atoms with Crippen LogP contribution in [-0.4, -0.2) is 36.2 Å². The molecule has 0 spiro atoms. The molecule has 0 unspecified atom stereocenters. The number of ether oxygens (including phenoxy) is 2. The molecule has 0 atom stereocenters. The van der Waals surface area contributed by atoms with E-state index >= 15 is 0 Å². The van der Waals surface area contributed by atoms with Crippen LogP contribution < -0.4 is 31.4 Å². The van der Waals surface area contributed by atoms with Crippen molar-refractivity contribution in [2.45, 2.75) is 26.3 Å². The maximum atomic E-state index is 13.3. The number of hydrogen-bond donors (Lipinski definition) is 2. The lowest BCUT2D eigenvalue weighted by Crippen LogP contribution is -2.42. The summed E-state index contributed by atoms with van der Waals surface area (Å²) in [6.45, 7) is 2.32. The fourth-order valence-corrected chi connectivity index (χ4v) is 3.61. The van der Waals surface area contributed by atoms with E-state index in [1.54, 1.807) is 18.2 Å². The lowest BCUT2D eigenvalue weighted by molar-refractivity contribution is -0.118. The number of hydrogen-bond acceptors (Lipinski definition) is 6. The van der Waals surface area contributed by atoms with Crippen molar-refractivity contribution in [3.63, 3.8) is 0 Å². The van der Waals surface area contributed by atoms with E-state index in [1.165, 1.54) is 23.7 Å². The Kier molecular flexibility index (Phi) is 7.55. The number of nitrogens with one attached hydrogen (secondary N) is 1. The van der Waals surface area contributed by atoms with Gasteiger partial charge in [-0.2, -0.15) is 0 Å². The summed E-state index contributed by atoms with van der Waals surface area (Å²) in [5.41, 5.74) is 6.46. The first-order chi connectivity index (χ1) is 15.9. The van der Waals surface area contributed by atoms with Gasteiger partial charge in [-0.3, -0.25) is 19.1 Å². The molecule has 174 valence electrons. The van der Waals surface area contributed by atoms with Crippen LogP contribution in [0.5, 0.6) is 11.5 Å². The van der Waals surface area contributed by atoms with E-state index in [-0.39, 0.29) is 36.9 Å². The van der Waals surface area contributed by atoms with Gasteiger partial charge in [0, 0.05) is 6.54 Å². The average molecular weight is 453 g/mol. The molecule has 0 aliphatic carbocycles. The maximum absolute atomic E-state index is 13.3. The van der Waals surface area contributed by atoms with E-state index in [2.05, 4.69) is 4.98 Å². The maximum Gasteiger partial charge on any atom is 0.330 e. The van der Waals surface area contributed by atoms with Gasteiger partial charge in [0.2, 0.25) is 5.91 Å². The molecule has 33 heavy (non-hydrogen) atoms. The zero-order chi connectivity index (χ0) is 24.0. The number of nitrogens with zero attached hydrogens (tertiary/aromatic N) is 2. The van der Waals surface area contributed by atoms with Gasteiger partial charge in [-0.05, 0) is 29.7 Å². The van der Waals surface area contributed by atoms with Gasteiger partial charge >= 0.3 is 5.69 Å². The predicted molar refractivity (Wildman–Crippen MR) is 127 cm³/mol. The molecular weight excluding hydrogens is 424 g/mol. The predicted octanol–water partition coefficient (Wildman–Crippen LogP) is 2.17. The number of benzene rings is 2. The summed E-state index contributed by atoms with van der Waals surface area (Å²) >= 11 is 0. The van der Waals surface area contributed by atoms with Gasteiger partial charge in [-0.15, -0.1) is 0 Å². The lowest BCUT2D eigenvalue weighted by atomic mass is 10.1. The highest BCUT2D eigenvalue weighted by Crippen LogP contribution is 2.28. The number of nitrogen functional groups attached to an aromatic ring is 1. The smallest absolute Gasteiger partial charge is 0.330 e. The van der Waals surface area contributed by atoms with Gasteiger partial charge in [-0.1, -0.05) is 43.3 Å². The molecule has 0 saturated carbocycles. The van der Waals surface area contributed by atoms with Crippen LogP contribution in [0, 0.1) is 0 Å². The summed E-state index contributed by atoms with van der Waals surface area (Å²) in [4.78, 5) is 42.1. The molecule has 3 aromatic rings. The Hall–Kier alpha value is -4.01. The topological polar surface area (TPSA) is 120 Å². The second-order valence-corrected chi connectivity index (χ2v) is 7.48. The van der Waals surface area contributed by atoms with Crippen molar-refractivity contribution in [3.05, 3.63) is 80.5 Å². The molecule has 1 amide bonds. The minimum Gasteiger partial charge on any atom is -0.493 e. The van der Waals surface area contributed by atoms with Crippen LogP contribution in [0.25, 0.3) is 0 Å². The second-order valence-electron chi connectivity index (χ2n) is 7.48. The molecule has 9 heteroatoms. The highest BCUT2D eigenvalue weighted by atomic mass is 16.5. The minimum atomic E-state index is -0.698. The number of aromatic amines is 1. The van der Waals surface area contributed by atoms with Crippen molar-refractivity contribution in [2.75, 3.05) is 31.4 Å². The van der Waals surface area contributed by atoms with Gasteiger partial charge in [0.25, 0.3) is 5.56 Å². The Morgan fingerprint density at radius 2 is 1.73 bits per heavy atom. The highest BCUT2D eigenvalue weighted by Gasteiger charge is 2.24. The molecule has 0 aliphatic rings. The van der Waals surface area contributed by atoms with E-state index in [1.807, 2.05) is 37.3 Å². The van der Waals surface area contributed by atoms with Crippen molar-refractivity contribution < 1.29 is 14.3 Å². The first-order valence-corrected chi connectivity index (χ1v) is 10.6. The van der Waals surface area contributed by atoms with E-state index in [4.69, 9.17) is 15.2 Å². The second kappa shape index (κ2) is 10.5. The minimum absolute atomic E-state index is 0.0110. The summed E-state index contributed by atoms with van der Waals surface area (Å²) in [6, 6.07) is 14.4. The molecule has 2 aromatic carbocycles. The fraction of sp³-hybridized carbons (Fsp3) is 0.292. The summed E-state index contributed by atoms with van der Waals surface area (Å²) in [5, 5.41) is 0. The van der Waals surface area contributed by atoms with E-state index in [0.29, 0.717) is 23.5 Å². The van der Waals surface area contributed by atoms with Crippen molar-refractivity contribution in [1.29, 1.82) is 0 Å². The first-order valence-electron chi connectivity index (χ1n) is 10.6. The number of rotatable bonds is 9. The molecule has 0 aliphatic heterocycles.